The van der Waals surface area contributed by atoms with E-state index in [1.807, 2.05) is 19.2 Å². The Bertz CT molecular complexity index is 659. The Morgan fingerprint density at radius 2 is 1.87 bits per heavy atom. The van der Waals surface area contributed by atoms with E-state index in [1.54, 1.807) is 11.8 Å². The van der Waals surface area contributed by atoms with E-state index >= 15 is 0 Å². The number of benzene rings is 1. The third-order valence-corrected chi connectivity index (χ3v) is 4.35. The highest BCUT2D eigenvalue weighted by Gasteiger charge is 2.35. The van der Waals surface area contributed by atoms with Crippen LogP contribution in [-0.4, -0.2) is 47.0 Å². The lowest BCUT2D eigenvalue weighted by Gasteiger charge is -2.48. The highest BCUT2D eigenvalue weighted by molar-refractivity contribution is 5.53. The third-order valence-electron chi connectivity index (χ3n) is 4.35. The van der Waals surface area contributed by atoms with E-state index in [9.17, 15) is 0 Å². The molecule has 23 heavy (non-hydrogen) atoms. The van der Waals surface area contributed by atoms with Crippen molar-refractivity contribution in [3.8, 4) is 5.75 Å². The van der Waals surface area contributed by atoms with E-state index in [0.717, 1.165) is 25.4 Å². The molecule has 3 rings (SSSR count). The lowest BCUT2D eigenvalue weighted by atomic mass is 9.98. The van der Waals surface area contributed by atoms with Crippen LogP contribution in [0.1, 0.15) is 13.8 Å². The first-order chi connectivity index (χ1) is 10.9. The van der Waals surface area contributed by atoms with Gasteiger partial charge in [-0.1, -0.05) is 0 Å². The molecule has 0 saturated carbocycles. The van der Waals surface area contributed by atoms with Gasteiger partial charge < -0.3 is 20.3 Å². The first kappa shape index (κ1) is 15.5. The molecule has 1 aliphatic heterocycles. The Morgan fingerprint density at radius 1 is 1.17 bits per heavy atom. The van der Waals surface area contributed by atoms with Crippen molar-refractivity contribution in [2.75, 3.05) is 42.3 Å². The molecule has 0 amide bonds. The molecule has 124 valence electrons. The maximum atomic E-state index is 5.80. The number of nitrogens with two attached hydrogens (primary N) is 1. The van der Waals surface area contributed by atoms with Crippen LogP contribution in [0.25, 0.3) is 0 Å². The lowest BCUT2D eigenvalue weighted by Crippen LogP contribution is -2.60. The van der Waals surface area contributed by atoms with Crippen molar-refractivity contribution in [3.05, 3.63) is 24.3 Å². The second kappa shape index (κ2) is 5.64. The molecule has 1 aromatic carbocycles. The molecule has 2 aromatic rings. The van der Waals surface area contributed by atoms with Crippen molar-refractivity contribution in [2.24, 2.45) is 7.05 Å². The van der Waals surface area contributed by atoms with E-state index in [-0.39, 0.29) is 5.54 Å². The van der Waals surface area contributed by atoms with Crippen LogP contribution < -0.4 is 20.3 Å². The van der Waals surface area contributed by atoms with Gasteiger partial charge in [-0.15, -0.1) is 5.10 Å². The van der Waals surface area contributed by atoms with Crippen molar-refractivity contribution in [1.82, 2.24) is 14.8 Å². The van der Waals surface area contributed by atoms with Gasteiger partial charge in [-0.2, -0.15) is 4.98 Å². The zero-order chi connectivity index (χ0) is 16.6. The zero-order valence-corrected chi connectivity index (χ0v) is 14.2. The first-order valence-corrected chi connectivity index (χ1v) is 7.74. The number of methoxy groups -OCH3 is 1. The molecule has 0 bridgehead atoms. The van der Waals surface area contributed by atoms with E-state index < -0.39 is 0 Å². The predicted octanol–water partition coefficient (Wildman–Crippen LogP) is 1.51. The van der Waals surface area contributed by atoms with Gasteiger partial charge in [0.2, 0.25) is 11.9 Å². The van der Waals surface area contributed by atoms with Crippen molar-refractivity contribution in [3.63, 3.8) is 0 Å². The Kier molecular flexibility index (Phi) is 3.79. The monoisotopic (exact) mass is 316 g/mol. The Balaban J connectivity index is 1.79. The number of aryl methyl sites for hydroxylation is 1. The minimum Gasteiger partial charge on any atom is -0.497 e. The second-order valence-electron chi connectivity index (χ2n) is 6.48. The number of ether oxygens (including phenoxy) is 1. The number of rotatable bonds is 3. The minimum absolute atomic E-state index is 0.0409. The lowest BCUT2D eigenvalue weighted by molar-refractivity contribution is 0.407. The van der Waals surface area contributed by atoms with Crippen molar-refractivity contribution < 1.29 is 4.74 Å². The van der Waals surface area contributed by atoms with Crippen molar-refractivity contribution in [2.45, 2.75) is 19.4 Å². The zero-order valence-electron chi connectivity index (χ0n) is 14.2. The number of nitrogen functional groups attached to an aromatic ring is 1. The summed E-state index contributed by atoms with van der Waals surface area (Å²) in [6, 6.07) is 8.21. The number of hydrogen-bond donors (Lipinski definition) is 1. The first-order valence-electron chi connectivity index (χ1n) is 7.74. The molecule has 0 aliphatic carbocycles. The van der Waals surface area contributed by atoms with E-state index in [1.165, 1.54) is 5.69 Å². The van der Waals surface area contributed by atoms with Gasteiger partial charge in [0, 0.05) is 32.4 Å². The molecule has 7 nitrogen and oxygen atoms in total. The van der Waals surface area contributed by atoms with E-state index in [0.29, 0.717) is 11.9 Å². The molecule has 0 spiro atoms. The van der Waals surface area contributed by atoms with Crippen LogP contribution in [0.4, 0.5) is 17.6 Å². The van der Waals surface area contributed by atoms with E-state index in [4.69, 9.17) is 10.5 Å². The van der Waals surface area contributed by atoms with Crippen LogP contribution in [0.15, 0.2) is 24.3 Å². The van der Waals surface area contributed by atoms with Crippen LogP contribution in [-0.2, 0) is 7.05 Å². The molecule has 0 atom stereocenters. The number of piperazine rings is 1. The van der Waals surface area contributed by atoms with Gasteiger partial charge in [-0.05, 0) is 38.1 Å². The fourth-order valence-corrected chi connectivity index (χ4v) is 3.08. The molecule has 2 N–H and O–H groups in total. The minimum atomic E-state index is -0.0409. The highest BCUT2D eigenvalue weighted by atomic mass is 16.5. The summed E-state index contributed by atoms with van der Waals surface area (Å²) in [7, 11) is 3.49. The third kappa shape index (κ3) is 2.91. The van der Waals surface area contributed by atoms with Gasteiger partial charge in [-0.3, -0.25) is 0 Å². The van der Waals surface area contributed by atoms with Crippen molar-refractivity contribution in [1.29, 1.82) is 0 Å². The Hall–Kier alpha value is -2.44. The molecular formula is C16H24N6O. The Morgan fingerprint density at radius 3 is 2.39 bits per heavy atom. The molecular weight excluding hydrogens is 292 g/mol. The van der Waals surface area contributed by atoms with Crippen molar-refractivity contribution >= 4 is 17.6 Å². The highest BCUT2D eigenvalue weighted by Crippen LogP contribution is 2.30. The SMILES string of the molecule is COc1ccc(N2CCN(c3nc(N)n(C)n3)CC2(C)C)cc1. The van der Waals surface area contributed by atoms with Crippen LogP contribution in [0.3, 0.4) is 0 Å². The van der Waals surface area contributed by atoms with Gasteiger partial charge in [0.1, 0.15) is 5.75 Å². The molecule has 2 heterocycles. The predicted molar refractivity (Wildman–Crippen MR) is 92.0 cm³/mol. The molecule has 0 radical (unpaired) electrons. The summed E-state index contributed by atoms with van der Waals surface area (Å²) in [4.78, 5) is 8.94. The number of aromatic nitrogens is 3. The average Bonchev–Trinajstić information content (AvgIpc) is 2.86. The quantitative estimate of drug-likeness (QED) is 0.925. The summed E-state index contributed by atoms with van der Waals surface area (Å²) in [6.07, 6.45) is 0. The molecule has 1 aromatic heterocycles. The summed E-state index contributed by atoms with van der Waals surface area (Å²) < 4.78 is 6.85. The van der Waals surface area contributed by atoms with Gasteiger partial charge in [0.25, 0.3) is 0 Å². The molecule has 7 heteroatoms. The summed E-state index contributed by atoms with van der Waals surface area (Å²) in [5, 5.41) is 4.39. The average molecular weight is 316 g/mol. The molecule has 0 unspecified atom stereocenters. The van der Waals surface area contributed by atoms with Gasteiger partial charge in [0.05, 0.1) is 12.6 Å². The molecule has 1 saturated heterocycles. The second-order valence-corrected chi connectivity index (χ2v) is 6.48. The fourth-order valence-electron chi connectivity index (χ4n) is 3.08. The maximum Gasteiger partial charge on any atom is 0.246 e. The Labute approximate surface area is 136 Å². The number of nitrogens with zero attached hydrogens (tertiary/aromatic N) is 5. The topological polar surface area (TPSA) is 72.4 Å². The van der Waals surface area contributed by atoms with Gasteiger partial charge >= 0.3 is 0 Å². The number of anilines is 3. The smallest absolute Gasteiger partial charge is 0.246 e. The largest absolute Gasteiger partial charge is 0.497 e. The number of hydrogen-bond acceptors (Lipinski definition) is 6. The van der Waals surface area contributed by atoms with Crippen LogP contribution in [0, 0.1) is 0 Å². The maximum absolute atomic E-state index is 5.80. The van der Waals surface area contributed by atoms with E-state index in [2.05, 4.69) is 45.9 Å². The standard InChI is InChI=1S/C16H24N6O/c1-16(2)11-21(15-18-14(17)20(3)19-15)9-10-22(16)12-5-7-13(23-4)8-6-12/h5-8H,9-11H2,1-4H3,(H2,17,18,19). The normalized spacial score (nSPS) is 17.4. The summed E-state index contributed by atoms with van der Waals surface area (Å²) in [6.45, 7) is 7.06. The van der Waals surface area contributed by atoms with Gasteiger partial charge in [0.15, 0.2) is 0 Å². The van der Waals surface area contributed by atoms with Crippen LogP contribution in [0.2, 0.25) is 0 Å². The fraction of sp³-hybridized carbons (Fsp3) is 0.500. The molecule has 1 fully saturated rings. The summed E-state index contributed by atoms with van der Waals surface area (Å²) in [5.41, 5.74) is 6.96. The van der Waals surface area contributed by atoms with Crippen LogP contribution in [0.5, 0.6) is 5.75 Å². The van der Waals surface area contributed by atoms with Crippen LogP contribution >= 0.6 is 0 Å². The van der Waals surface area contributed by atoms with Gasteiger partial charge in [-0.25, -0.2) is 4.68 Å². The summed E-state index contributed by atoms with van der Waals surface area (Å²) in [5.74, 6) is 2.01. The summed E-state index contributed by atoms with van der Waals surface area (Å²) >= 11 is 0. The molecule has 1 aliphatic rings.